The molecular formula is C16H17F3O4S2. The Kier molecular flexibility index (Phi) is 4.67. The number of alkyl halides is 3. The van der Waals surface area contributed by atoms with Crippen LogP contribution in [0.3, 0.4) is 0 Å². The molecule has 1 heterocycles. The van der Waals surface area contributed by atoms with Gasteiger partial charge in [0.05, 0.1) is 7.11 Å². The number of benzene rings is 2. The van der Waals surface area contributed by atoms with Crippen molar-refractivity contribution >= 4 is 31.2 Å². The molecule has 1 fully saturated rings. The van der Waals surface area contributed by atoms with Gasteiger partial charge in [-0.2, -0.15) is 21.6 Å². The van der Waals surface area contributed by atoms with Gasteiger partial charge in [-0.1, -0.05) is 28.5 Å². The molecular weight excluding hydrogens is 377 g/mol. The Labute approximate surface area is 145 Å². The van der Waals surface area contributed by atoms with Crippen LogP contribution in [0.1, 0.15) is 12.8 Å². The van der Waals surface area contributed by atoms with E-state index in [1.165, 1.54) is 7.11 Å². The normalized spacial score (nSPS) is 19.0. The summed E-state index contributed by atoms with van der Waals surface area (Å²) < 4.78 is 72.2. The molecule has 25 heavy (non-hydrogen) atoms. The molecule has 3 rings (SSSR count). The Bertz CT molecular complexity index is 888. The maximum atomic E-state index is 12.9. The lowest BCUT2D eigenvalue weighted by molar-refractivity contribution is -0.0496. The van der Waals surface area contributed by atoms with Gasteiger partial charge in [0.2, 0.25) is 0 Å². The third-order valence-corrected chi connectivity index (χ3v) is 9.53. The molecule has 0 N–H and O–H groups in total. The van der Waals surface area contributed by atoms with E-state index in [2.05, 4.69) is 0 Å². The summed E-state index contributed by atoms with van der Waals surface area (Å²) in [5.74, 6) is 1.13. The number of methoxy groups -OCH3 is 1. The van der Waals surface area contributed by atoms with Crippen molar-refractivity contribution in [1.29, 1.82) is 0 Å². The molecule has 1 aliphatic heterocycles. The van der Waals surface area contributed by atoms with Crippen molar-refractivity contribution in [2.45, 2.75) is 23.2 Å². The minimum atomic E-state index is -5.67. The first-order valence-electron chi connectivity index (χ1n) is 7.56. The number of hydrogen-bond acceptors (Lipinski definition) is 4. The van der Waals surface area contributed by atoms with Crippen LogP contribution in [0.5, 0.6) is 5.75 Å². The molecule has 4 nitrogen and oxygen atoms in total. The summed E-state index contributed by atoms with van der Waals surface area (Å²) >= 11 is 0. The molecule has 2 aromatic carbocycles. The van der Waals surface area contributed by atoms with E-state index in [4.69, 9.17) is 8.37 Å². The molecule has 0 unspecified atom stereocenters. The molecule has 0 aliphatic carbocycles. The first kappa shape index (κ1) is 18.3. The van der Waals surface area contributed by atoms with E-state index in [1.54, 1.807) is 30.3 Å². The van der Waals surface area contributed by atoms with E-state index in [0.29, 0.717) is 40.4 Å². The summed E-state index contributed by atoms with van der Waals surface area (Å²) in [5.41, 5.74) is -5.43. The van der Waals surface area contributed by atoms with Crippen molar-refractivity contribution in [3.8, 4) is 5.75 Å². The molecule has 1 saturated heterocycles. The van der Waals surface area contributed by atoms with Crippen LogP contribution in [-0.4, -0.2) is 32.5 Å². The van der Waals surface area contributed by atoms with E-state index >= 15 is 0 Å². The van der Waals surface area contributed by atoms with Gasteiger partial charge in [0, 0.05) is 16.4 Å². The number of rotatable bonds is 4. The SMILES string of the molecule is COc1ccc2cccc(S3(OS(=O)(=O)C(F)(F)F)CCCC3)c2c1. The minimum Gasteiger partial charge on any atom is -0.497 e. The third-order valence-electron chi connectivity index (χ3n) is 4.15. The molecule has 0 saturated carbocycles. The van der Waals surface area contributed by atoms with Crippen LogP contribution in [0.4, 0.5) is 13.2 Å². The second kappa shape index (κ2) is 6.37. The Morgan fingerprint density at radius 3 is 2.36 bits per heavy atom. The topological polar surface area (TPSA) is 52.6 Å². The first-order chi connectivity index (χ1) is 11.7. The molecule has 0 radical (unpaired) electrons. The van der Waals surface area contributed by atoms with Gasteiger partial charge in [0.1, 0.15) is 5.75 Å². The van der Waals surface area contributed by atoms with Crippen LogP contribution < -0.4 is 4.74 Å². The lowest BCUT2D eigenvalue weighted by atomic mass is 10.1. The minimum absolute atomic E-state index is 0.290. The smallest absolute Gasteiger partial charge is 0.497 e. The number of ether oxygens (including phenoxy) is 1. The second-order valence-electron chi connectivity index (χ2n) is 5.74. The maximum absolute atomic E-state index is 12.9. The van der Waals surface area contributed by atoms with Gasteiger partial charge in [-0.05, 0) is 41.8 Å². The van der Waals surface area contributed by atoms with Crippen molar-refractivity contribution in [2.24, 2.45) is 0 Å². The van der Waals surface area contributed by atoms with E-state index in [-0.39, 0.29) is 0 Å². The second-order valence-corrected chi connectivity index (χ2v) is 10.5. The quantitative estimate of drug-likeness (QED) is 0.712. The summed E-state index contributed by atoms with van der Waals surface area (Å²) in [5, 5.41) is 1.46. The lowest BCUT2D eigenvalue weighted by Crippen LogP contribution is -2.27. The van der Waals surface area contributed by atoms with Gasteiger partial charge in [-0.15, -0.1) is 0 Å². The van der Waals surface area contributed by atoms with Gasteiger partial charge < -0.3 is 4.74 Å². The average Bonchev–Trinajstić information content (AvgIpc) is 3.01. The molecule has 0 bridgehead atoms. The predicted octanol–water partition coefficient (Wildman–Crippen LogP) is 4.59. The number of hydrogen-bond donors (Lipinski definition) is 0. The third kappa shape index (κ3) is 3.32. The van der Waals surface area contributed by atoms with E-state index < -0.39 is 25.9 Å². The van der Waals surface area contributed by atoms with Gasteiger partial charge in [0.25, 0.3) is 0 Å². The molecule has 2 aromatic rings. The predicted molar refractivity (Wildman–Crippen MR) is 91.4 cm³/mol. The van der Waals surface area contributed by atoms with Gasteiger partial charge >= 0.3 is 15.6 Å². The van der Waals surface area contributed by atoms with E-state index in [9.17, 15) is 21.6 Å². The zero-order valence-corrected chi connectivity index (χ0v) is 15.0. The van der Waals surface area contributed by atoms with Crippen LogP contribution in [0.2, 0.25) is 0 Å². The number of halogens is 3. The highest BCUT2D eigenvalue weighted by atomic mass is 32.3. The van der Waals surface area contributed by atoms with Gasteiger partial charge in [-0.25, -0.2) is 3.63 Å². The monoisotopic (exact) mass is 394 g/mol. The largest absolute Gasteiger partial charge is 0.523 e. The zero-order chi connectivity index (χ0) is 18.3. The molecule has 0 amide bonds. The van der Waals surface area contributed by atoms with Crippen LogP contribution in [0.25, 0.3) is 10.8 Å². The van der Waals surface area contributed by atoms with Crippen LogP contribution in [0.15, 0.2) is 41.3 Å². The Balaban J connectivity index is 2.18. The Morgan fingerprint density at radius 1 is 1.08 bits per heavy atom. The fourth-order valence-electron chi connectivity index (χ4n) is 2.98. The van der Waals surface area contributed by atoms with Crippen LogP contribution in [-0.2, 0) is 13.7 Å². The zero-order valence-electron chi connectivity index (χ0n) is 13.4. The van der Waals surface area contributed by atoms with Crippen molar-refractivity contribution < 1.29 is 30.0 Å². The highest BCUT2D eigenvalue weighted by Gasteiger charge is 2.52. The fourth-order valence-corrected chi connectivity index (χ4v) is 8.39. The molecule has 0 aromatic heterocycles. The van der Waals surface area contributed by atoms with Crippen molar-refractivity contribution in [3.63, 3.8) is 0 Å². The summed E-state index contributed by atoms with van der Waals surface area (Å²) in [6.45, 7) is 0. The molecule has 9 heteroatoms. The maximum Gasteiger partial charge on any atom is 0.523 e. The standard InChI is InChI=1S/C16H17F3O4S2/c1-22-13-8-7-12-5-4-6-15(14(12)11-13)24(9-2-3-10-24)23-25(20,21)16(17,18)19/h4-8,11H,2-3,9-10H2,1H3. The van der Waals surface area contributed by atoms with Crippen molar-refractivity contribution in [2.75, 3.05) is 18.6 Å². The molecule has 138 valence electrons. The Morgan fingerprint density at radius 2 is 1.76 bits per heavy atom. The van der Waals surface area contributed by atoms with Crippen molar-refractivity contribution in [1.82, 2.24) is 0 Å². The number of fused-ring (bicyclic) bond motifs is 1. The highest BCUT2D eigenvalue weighted by Crippen LogP contribution is 2.65. The van der Waals surface area contributed by atoms with Crippen molar-refractivity contribution in [3.05, 3.63) is 36.4 Å². The lowest BCUT2D eigenvalue weighted by Gasteiger charge is -2.35. The van der Waals surface area contributed by atoms with Gasteiger partial charge in [-0.3, -0.25) is 0 Å². The van der Waals surface area contributed by atoms with Gasteiger partial charge in [0.15, 0.2) is 0 Å². The summed E-state index contributed by atoms with van der Waals surface area (Å²) in [6, 6.07) is 10.4. The molecule has 1 aliphatic rings. The Hall–Kier alpha value is -1.45. The molecule has 0 spiro atoms. The van der Waals surface area contributed by atoms with E-state index in [0.717, 1.165) is 5.39 Å². The fraction of sp³-hybridized carbons (Fsp3) is 0.375. The molecule has 0 atom stereocenters. The summed E-state index contributed by atoms with van der Waals surface area (Å²) in [4.78, 5) is 0.522. The average molecular weight is 394 g/mol. The van der Waals surface area contributed by atoms with Crippen LogP contribution in [0, 0.1) is 0 Å². The summed E-state index contributed by atoms with van der Waals surface area (Å²) in [7, 11) is -6.77. The highest BCUT2D eigenvalue weighted by molar-refractivity contribution is 8.33. The first-order valence-corrected chi connectivity index (χ1v) is 10.9. The van der Waals surface area contributed by atoms with Crippen LogP contribution >= 0.6 is 10.3 Å². The van der Waals surface area contributed by atoms with E-state index in [1.807, 2.05) is 6.07 Å². The summed E-state index contributed by atoms with van der Waals surface area (Å²) in [6.07, 6.45) is 1.26.